The number of amides is 1. The van der Waals surface area contributed by atoms with Gasteiger partial charge in [-0.3, -0.25) is 4.79 Å². The summed E-state index contributed by atoms with van der Waals surface area (Å²) in [7, 11) is 1.50. The van der Waals surface area contributed by atoms with Crippen LogP contribution in [-0.4, -0.2) is 24.3 Å². The summed E-state index contributed by atoms with van der Waals surface area (Å²) < 4.78 is 5.13. The number of carbonyl (C=O) groups is 1. The van der Waals surface area contributed by atoms with Crippen LogP contribution in [0, 0.1) is 0 Å². The third-order valence-corrected chi connectivity index (χ3v) is 3.24. The summed E-state index contributed by atoms with van der Waals surface area (Å²) in [6.45, 7) is 3.65. The number of hydrogen-bond donors (Lipinski definition) is 2. The molecule has 0 aliphatic carbocycles. The molecule has 2 rings (SSSR count). The molecule has 2 N–H and O–H groups in total. The average molecular weight is 310 g/mol. The van der Waals surface area contributed by atoms with Crippen LogP contribution in [0.15, 0.2) is 60.2 Å². The van der Waals surface area contributed by atoms with Crippen LogP contribution in [0.1, 0.15) is 21.5 Å². The van der Waals surface area contributed by atoms with E-state index in [2.05, 4.69) is 17.1 Å². The van der Waals surface area contributed by atoms with Crippen LogP contribution >= 0.6 is 0 Å². The van der Waals surface area contributed by atoms with Gasteiger partial charge >= 0.3 is 0 Å². The number of benzene rings is 2. The number of carbonyl (C=O) groups excluding carboxylic acids is 1. The van der Waals surface area contributed by atoms with Crippen LogP contribution in [0.3, 0.4) is 0 Å². The lowest BCUT2D eigenvalue weighted by Gasteiger charge is -2.06. The van der Waals surface area contributed by atoms with Crippen molar-refractivity contribution in [2.45, 2.75) is 6.42 Å². The fourth-order valence-corrected chi connectivity index (χ4v) is 2.09. The number of aromatic hydroxyl groups is 1. The molecular formula is C18H18N2O3. The summed E-state index contributed by atoms with van der Waals surface area (Å²) in [5, 5.41) is 14.0. The van der Waals surface area contributed by atoms with Gasteiger partial charge in [-0.1, -0.05) is 30.3 Å². The molecule has 0 bridgehead atoms. The molecule has 5 heteroatoms. The summed E-state index contributed by atoms with van der Waals surface area (Å²) in [4.78, 5) is 12.1. The third kappa shape index (κ3) is 3.97. The van der Waals surface area contributed by atoms with Gasteiger partial charge in [-0.25, -0.2) is 5.43 Å². The van der Waals surface area contributed by atoms with Crippen molar-refractivity contribution in [3.8, 4) is 11.5 Å². The molecule has 0 aliphatic rings. The Morgan fingerprint density at radius 3 is 2.83 bits per heavy atom. The van der Waals surface area contributed by atoms with Crippen LogP contribution in [0.5, 0.6) is 11.5 Å². The molecule has 118 valence electrons. The molecule has 1 amide bonds. The molecule has 0 unspecified atom stereocenters. The van der Waals surface area contributed by atoms with Gasteiger partial charge in [0.1, 0.15) is 11.5 Å². The van der Waals surface area contributed by atoms with Crippen LogP contribution in [0.4, 0.5) is 0 Å². The largest absolute Gasteiger partial charge is 0.507 e. The molecule has 0 saturated heterocycles. The second-order valence-corrected chi connectivity index (χ2v) is 4.75. The van der Waals surface area contributed by atoms with E-state index in [1.807, 2.05) is 12.1 Å². The lowest BCUT2D eigenvalue weighted by atomic mass is 10.1. The molecule has 2 aromatic carbocycles. The van der Waals surface area contributed by atoms with Crippen LogP contribution in [-0.2, 0) is 6.42 Å². The Balaban J connectivity index is 2.11. The van der Waals surface area contributed by atoms with Gasteiger partial charge in [0.05, 0.1) is 18.9 Å². The van der Waals surface area contributed by atoms with Crippen molar-refractivity contribution in [2.75, 3.05) is 7.11 Å². The molecule has 0 heterocycles. The normalized spacial score (nSPS) is 10.5. The van der Waals surface area contributed by atoms with E-state index >= 15 is 0 Å². The first-order valence-electron chi connectivity index (χ1n) is 7.05. The number of phenols is 1. The van der Waals surface area contributed by atoms with Crippen molar-refractivity contribution >= 4 is 12.1 Å². The predicted octanol–water partition coefficient (Wildman–Crippen LogP) is 2.89. The number of phenolic OH excluding ortho intramolecular Hbond substituents is 1. The number of nitrogens with zero attached hydrogens (tertiary/aromatic N) is 1. The molecule has 0 saturated carbocycles. The van der Waals surface area contributed by atoms with E-state index in [1.165, 1.54) is 13.3 Å². The number of rotatable bonds is 6. The number of nitrogens with one attached hydrogen (secondary N) is 1. The predicted molar refractivity (Wildman–Crippen MR) is 90.1 cm³/mol. The van der Waals surface area contributed by atoms with E-state index < -0.39 is 0 Å². The van der Waals surface area contributed by atoms with E-state index in [-0.39, 0.29) is 11.7 Å². The Kier molecular flexibility index (Phi) is 5.52. The fraction of sp³-hybridized carbons (Fsp3) is 0.111. The first-order chi connectivity index (χ1) is 11.2. The lowest BCUT2D eigenvalue weighted by molar-refractivity contribution is 0.0952. The van der Waals surface area contributed by atoms with E-state index in [9.17, 15) is 9.90 Å². The van der Waals surface area contributed by atoms with Gasteiger partial charge in [0.2, 0.25) is 0 Å². The van der Waals surface area contributed by atoms with Crippen LogP contribution in [0.25, 0.3) is 0 Å². The van der Waals surface area contributed by atoms with Gasteiger partial charge in [0, 0.05) is 5.56 Å². The Morgan fingerprint density at radius 2 is 2.09 bits per heavy atom. The average Bonchev–Trinajstić information content (AvgIpc) is 2.58. The molecule has 0 atom stereocenters. The maximum absolute atomic E-state index is 12.1. The highest BCUT2D eigenvalue weighted by atomic mass is 16.5. The number of hydrazone groups is 1. The zero-order valence-corrected chi connectivity index (χ0v) is 12.8. The maximum atomic E-state index is 12.1. The Labute approximate surface area is 134 Å². The monoisotopic (exact) mass is 310 g/mol. The minimum atomic E-state index is -0.388. The Hall–Kier alpha value is -3.08. The quantitative estimate of drug-likeness (QED) is 0.489. The minimum Gasteiger partial charge on any atom is -0.507 e. The summed E-state index contributed by atoms with van der Waals surface area (Å²) in [6, 6.07) is 12.2. The van der Waals surface area contributed by atoms with E-state index in [4.69, 9.17) is 4.74 Å². The maximum Gasteiger partial charge on any atom is 0.275 e. The van der Waals surface area contributed by atoms with Gasteiger partial charge in [0.25, 0.3) is 5.91 Å². The van der Waals surface area contributed by atoms with Gasteiger partial charge < -0.3 is 9.84 Å². The molecule has 0 aromatic heterocycles. The standard InChI is InChI=1S/C18H18N2O3/c1-3-7-13-8-6-9-14(17(13)21)12-19-20-18(22)15-10-4-5-11-16(15)23-2/h3-6,8-12,21H,1,7H2,2H3,(H,20,22)/b19-12-. The highest BCUT2D eigenvalue weighted by Crippen LogP contribution is 2.21. The SMILES string of the molecule is C=CCc1cccc(/C=N\NC(=O)c2ccccc2OC)c1O. The number of ether oxygens (including phenoxy) is 1. The molecule has 23 heavy (non-hydrogen) atoms. The molecule has 0 spiro atoms. The molecular weight excluding hydrogens is 292 g/mol. The topological polar surface area (TPSA) is 70.9 Å². The molecule has 5 nitrogen and oxygen atoms in total. The highest BCUT2D eigenvalue weighted by Gasteiger charge is 2.10. The van der Waals surface area contributed by atoms with E-state index in [1.54, 1.807) is 36.4 Å². The van der Waals surface area contributed by atoms with Crippen LogP contribution < -0.4 is 10.2 Å². The van der Waals surface area contributed by atoms with Crippen molar-refractivity contribution < 1.29 is 14.6 Å². The first-order valence-corrected chi connectivity index (χ1v) is 7.05. The molecule has 2 aromatic rings. The fourth-order valence-electron chi connectivity index (χ4n) is 2.09. The number of allylic oxidation sites excluding steroid dienone is 1. The van der Waals surface area contributed by atoms with Gasteiger partial charge in [-0.05, 0) is 30.2 Å². The zero-order chi connectivity index (χ0) is 16.7. The van der Waals surface area contributed by atoms with Crippen molar-refractivity contribution in [1.82, 2.24) is 5.43 Å². The summed E-state index contributed by atoms with van der Waals surface area (Å²) >= 11 is 0. The van der Waals surface area contributed by atoms with Crippen molar-refractivity contribution in [1.29, 1.82) is 0 Å². The minimum absolute atomic E-state index is 0.127. The molecule has 0 radical (unpaired) electrons. The number of methoxy groups -OCH3 is 1. The Bertz CT molecular complexity index is 739. The second-order valence-electron chi connectivity index (χ2n) is 4.75. The highest BCUT2D eigenvalue weighted by molar-refractivity contribution is 5.97. The van der Waals surface area contributed by atoms with Crippen molar-refractivity contribution in [3.05, 3.63) is 71.8 Å². The van der Waals surface area contributed by atoms with Gasteiger partial charge in [-0.2, -0.15) is 5.10 Å². The lowest BCUT2D eigenvalue weighted by Crippen LogP contribution is -2.18. The van der Waals surface area contributed by atoms with Gasteiger partial charge in [-0.15, -0.1) is 6.58 Å². The first kappa shape index (κ1) is 16.3. The Morgan fingerprint density at radius 1 is 1.30 bits per heavy atom. The molecule has 0 aliphatic heterocycles. The zero-order valence-electron chi connectivity index (χ0n) is 12.8. The van der Waals surface area contributed by atoms with Gasteiger partial charge in [0.15, 0.2) is 0 Å². The second kappa shape index (κ2) is 7.79. The third-order valence-electron chi connectivity index (χ3n) is 3.24. The summed E-state index contributed by atoms with van der Waals surface area (Å²) in [6.07, 6.45) is 3.66. The number of para-hydroxylation sites is 2. The smallest absolute Gasteiger partial charge is 0.275 e. The summed E-state index contributed by atoms with van der Waals surface area (Å²) in [5.41, 5.74) is 4.07. The van der Waals surface area contributed by atoms with E-state index in [0.717, 1.165) is 5.56 Å². The van der Waals surface area contributed by atoms with Crippen molar-refractivity contribution in [3.63, 3.8) is 0 Å². The van der Waals surface area contributed by atoms with Crippen LogP contribution in [0.2, 0.25) is 0 Å². The van der Waals surface area contributed by atoms with Crippen molar-refractivity contribution in [2.24, 2.45) is 5.10 Å². The number of hydrogen-bond acceptors (Lipinski definition) is 4. The molecule has 0 fully saturated rings. The summed E-state index contributed by atoms with van der Waals surface area (Å²) in [5.74, 6) is 0.208. The van der Waals surface area contributed by atoms with E-state index in [0.29, 0.717) is 23.3 Å².